The first-order valence-electron chi connectivity index (χ1n) is 8.25. The minimum Gasteiger partial charge on any atom is -0.260 e. The molecule has 26 heavy (non-hydrogen) atoms. The molecule has 1 aromatic heterocycles. The van der Waals surface area contributed by atoms with Crippen LogP contribution in [0.25, 0.3) is 0 Å². The summed E-state index contributed by atoms with van der Waals surface area (Å²) in [5.74, 6) is 0. The monoisotopic (exact) mass is 386 g/mol. The molecule has 0 bridgehead atoms. The van der Waals surface area contributed by atoms with Crippen molar-refractivity contribution in [3.8, 4) is 0 Å². The smallest absolute Gasteiger partial charge is 0.243 e. The summed E-state index contributed by atoms with van der Waals surface area (Å²) in [6.07, 6.45) is 2.28. The van der Waals surface area contributed by atoms with Gasteiger partial charge in [-0.2, -0.15) is 4.31 Å². The second-order valence-corrected chi connectivity index (χ2v) is 8.23. The van der Waals surface area contributed by atoms with Crippen LogP contribution in [0.15, 0.2) is 83.9 Å². The maximum atomic E-state index is 13.1. The predicted molar refractivity (Wildman–Crippen MR) is 103 cm³/mol. The molecule has 0 amide bonds. The number of halogens is 1. The van der Waals surface area contributed by atoms with E-state index in [1.54, 1.807) is 24.4 Å². The van der Waals surface area contributed by atoms with E-state index >= 15 is 0 Å². The lowest BCUT2D eigenvalue weighted by atomic mass is 10.1. The van der Waals surface area contributed by atoms with E-state index in [-0.39, 0.29) is 11.4 Å². The van der Waals surface area contributed by atoms with Gasteiger partial charge >= 0.3 is 0 Å². The molecule has 3 aromatic rings. The van der Waals surface area contributed by atoms with Gasteiger partial charge in [-0.05, 0) is 42.3 Å². The summed E-state index contributed by atoms with van der Waals surface area (Å²) in [7, 11) is -3.68. The van der Waals surface area contributed by atoms with Crippen molar-refractivity contribution in [1.29, 1.82) is 0 Å². The van der Waals surface area contributed by atoms with E-state index in [4.69, 9.17) is 11.6 Å². The Kier molecular flexibility index (Phi) is 6.04. The molecule has 1 heterocycles. The van der Waals surface area contributed by atoms with Crippen LogP contribution in [-0.2, 0) is 23.0 Å². The van der Waals surface area contributed by atoms with Gasteiger partial charge in [-0.15, -0.1) is 0 Å². The van der Waals surface area contributed by atoms with Crippen LogP contribution in [0.2, 0.25) is 5.02 Å². The molecule has 0 saturated carbocycles. The number of nitrogens with zero attached hydrogens (tertiary/aromatic N) is 2. The molecular formula is C20H19ClN2O2S. The van der Waals surface area contributed by atoms with Crippen LogP contribution in [0.4, 0.5) is 0 Å². The van der Waals surface area contributed by atoms with Crippen molar-refractivity contribution in [2.45, 2.75) is 17.9 Å². The third-order valence-electron chi connectivity index (χ3n) is 3.99. The van der Waals surface area contributed by atoms with Crippen molar-refractivity contribution in [3.05, 3.63) is 95.3 Å². The van der Waals surface area contributed by atoms with Crippen LogP contribution in [0, 0.1) is 0 Å². The zero-order chi connectivity index (χ0) is 18.4. The molecule has 2 aromatic carbocycles. The van der Waals surface area contributed by atoms with Crippen LogP contribution in [-0.4, -0.2) is 24.3 Å². The van der Waals surface area contributed by atoms with E-state index in [1.165, 1.54) is 10.4 Å². The molecule has 0 aliphatic heterocycles. The summed E-state index contributed by atoms with van der Waals surface area (Å²) in [6.45, 7) is 0.567. The van der Waals surface area contributed by atoms with Crippen molar-refractivity contribution in [2.75, 3.05) is 6.54 Å². The molecule has 0 fully saturated rings. The topological polar surface area (TPSA) is 50.3 Å². The fourth-order valence-corrected chi connectivity index (χ4v) is 4.34. The van der Waals surface area contributed by atoms with E-state index in [0.29, 0.717) is 23.7 Å². The summed E-state index contributed by atoms with van der Waals surface area (Å²) in [6, 6.07) is 21.6. The van der Waals surface area contributed by atoms with Gasteiger partial charge < -0.3 is 0 Å². The molecule has 0 atom stereocenters. The third kappa shape index (κ3) is 4.69. The Hall–Kier alpha value is -2.21. The van der Waals surface area contributed by atoms with Crippen molar-refractivity contribution >= 4 is 21.6 Å². The van der Waals surface area contributed by atoms with Gasteiger partial charge in [-0.25, -0.2) is 8.42 Å². The van der Waals surface area contributed by atoms with Gasteiger partial charge in [0.25, 0.3) is 0 Å². The highest BCUT2D eigenvalue weighted by Gasteiger charge is 2.25. The Morgan fingerprint density at radius 2 is 1.69 bits per heavy atom. The first kappa shape index (κ1) is 18.6. The fourth-order valence-electron chi connectivity index (χ4n) is 2.63. The molecule has 0 N–H and O–H groups in total. The average molecular weight is 387 g/mol. The molecule has 134 valence electrons. The molecule has 0 unspecified atom stereocenters. The van der Waals surface area contributed by atoms with Crippen LogP contribution in [0.5, 0.6) is 0 Å². The number of pyridine rings is 1. The maximum Gasteiger partial charge on any atom is 0.243 e. The van der Waals surface area contributed by atoms with Crippen LogP contribution >= 0.6 is 11.6 Å². The highest BCUT2D eigenvalue weighted by Crippen LogP contribution is 2.21. The molecule has 0 aliphatic rings. The van der Waals surface area contributed by atoms with Crippen LogP contribution in [0.1, 0.15) is 11.3 Å². The summed E-state index contributed by atoms with van der Waals surface area (Å²) >= 11 is 5.99. The third-order valence-corrected chi connectivity index (χ3v) is 6.07. The van der Waals surface area contributed by atoms with Gasteiger partial charge in [0.2, 0.25) is 10.0 Å². The lowest BCUT2D eigenvalue weighted by molar-refractivity contribution is 0.405. The predicted octanol–water partition coefficient (Wildman–Crippen LogP) is 4.17. The van der Waals surface area contributed by atoms with Gasteiger partial charge in [0.05, 0.1) is 17.1 Å². The van der Waals surface area contributed by atoms with Crippen molar-refractivity contribution in [3.63, 3.8) is 0 Å². The quantitative estimate of drug-likeness (QED) is 0.612. The SMILES string of the molecule is O=S(=O)(c1cccc(Cl)c1)N(CCc1ccccc1)Cc1ccccn1. The Labute approximate surface area is 159 Å². The molecule has 0 saturated heterocycles. The van der Waals surface area contributed by atoms with E-state index in [1.807, 2.05) is 48.5 Å². The number of rotatable bonds is 7. The summed E-state index contributed by atoms with van der Waals surface area (Å²) < 4.78 is 27.8. The number of aromatic nitrogens is 1. The van der Waals surface area contributed by atoms with E-state index in [9.17, 15) is 8.42 Å². The normalized spacial score (nSPS) is 11.6. The van der Waals surface area contributed by atoms with E-state index < -0.39 is 10.0 Å². The van der Waals surface area contributed by atoms with Gasteiger partial charge in [0.1, 0.15) is 0 Å². The number of hydrogen-bond donors (Lipinski definition) is 0. The second-order valence-electron chi connectivity index (χ2n) is 5.85. The summed E-state index contributed by atoms with van der Waals surface area (Å²) in [5, 5.41) is 0.395. The Morgan fingerprint density at radius 1 is 0.923 bits per heavy atom. The number of benzene rings is 2. The standard InChI is InChI=1S/C20H19ClN2O2S/c21-18-9-6-11-20(15-18)26(24,25)23(16-19-10-4-5-13-22-19)14-12-17-7-2-1-3-8-17/h1-11,13,15H,12,14,16H2. The van der Waals surface area contributed by atoms with Gasteiger partial charge in [-0.3, -0.25) is 4.98 Å². The molecule has 4 nitrogen and oxygen atoms in total. The first-order chi connectivity index (χ1) is 12.6. The Morgan fingerprint density at radius 3 is 2.38 bits per heavy atom. The summed E-state index contributed by atoms with van der Waals surface area (Å²) in [5.41, 5.74) is 1.78. The zero-order valence-electron chi connectivity index (χ0n) is 14.1. The van der Waals surface area contributed by atoms with Gasteiger partial charge in [-0.1, -0.05) is 54.1 Å². The number of hydrogen-bond acceptors (Lipinski definition) is 3. The highest BCUT2D eigenvalue weighted by molar-refractivity contribution is 7.89. The largest absolute Gasteiger partial charge is 0.260 e. The molecule has 0 spiro atoms. The van der Waals surface area contributed by atoms with Gasteiger partial charge in [0.15, 0.2) is 0 Å². The fraction of sp³-hybridized carbons (Fsp3) is 0.150. The lowest BCUT2D eigenvalue weighted by Gasteiger charge is -2.22. The van der Waals surface area contributed by atoms with Crippen LogP contribution in [0.3, 0.4) is 0 Å². The van der Waals surface area contributed by atoms with E-state index in [2.05, 4.69) is 4.98 Å². The lowest BCUT2D eigenvalue weighted by Crippen LogP contribution is -2.33. The minimum atomic E-state index is -3.68. The molecule has 0 aliphatic carbocycles. The highest BCUT2D eigenvalue weighted by atomic mass is 35.5. The first-order valence-corrected chi connectivity index (χ1v) is 10.1. The molecule has 3 rings (SSSR count). The molecular weight excluding hydrogens is 368 g/mol. The Balaban J connectivity index is 1.88. The maximum absolute atomic E-state index is 13.1. The van der Waals surface area contributed by atoms with E-state index in [0.717, 1.165) is 5.56 Å². The Bertz CT molecular complexity index is 948. The van der Waals surface area contributed by atoms with Crippen LogP contribution < -0.4 is 0 Å². The molecule has 0 radical (unpaired) electrons. The van der Waals surface area contributed by atoms with Crippen molar-refractivity contribution < 1.29 is 8.42 Å². The zero-order valence-corrected chi connectivity index (χ0v) is 15.7. The van der Waals surface area contributed by atoms with Crippen molar-refractivity contribution in [2.24, 2.45) is 0 Å². The average Bonchev–Trinajstić information content (AvgIpc) is 2.66. The van der Waals surface area contributed by atoms with Crippen molar-refractivity contribution in [1.82, 2.24) is 9.29 Å². The van der Waals surface area contributed by atoms with Gasteiger partial charge in [0, 0.05) is 17.8 Å². The minimum absolute atomic E-state index is 0.189. The summed E-state index contributed by atoms with van der Waals surface area (Å²) in [4.78, 5) is 4.45. The second kappa shape index (κ2) is 8.45. The number of sulfonamides is 1. The molecule has 6 heteroatoms.